The Hall–Kier alpha value is -2.60. The lowest BCUT2D eigenvalue weighted by Gasteiger charge is -2.07. The number of thiophene rings is 1. The third-order valence-corrected chi connectivity index (χ3v) is 4.04. The number of carbonyl (C=O) groups excluding carboxylic acids is 2. The second-order valence-electron chi connectivity index (χ2n) is 4.92. The number of nitrogens with one attached hydrogen (secondary N) is 2. The SMILES string of the molecule is CCOC(=O)/C=C\c1ccc(NC(=O)NCCc2cccs2)cc1. The predicted molar refractivity (Wildman–Crippen MR) is 97.2 cm³/mol. The predicted octanol–water partition coefficient (Wildman–Crippen LogP) is 3.69. The quantitative estimate of drug-likeness (QED) is 0.595. The van der Waals surface area contributed by atoms with E-state index >= 15 is 0 Å². The van der Waals surface area contributed by atoms with E-state index in [9.17, 15) is 9.59 Å². The topological polar surface area (TPSA) is 67.4 Å². The van der Waals surface area contributed by atoms with Crippen molar-refractivity contribution in [2.24, 2.45) is 0 Å². The molecule has 2 aromatic rings. The van der Waals surface area contributed by atoms with Gasteiger partial charge < -0.3 is 15.4 Å². The lowest BCUT2D eigenvalue weighted by atomic mass is 10.2. The van der Waals surface area contributed by atoms with Crippen LogP contribution in [0.1, 0.15) is 17.4 Å². The zero-order valence-electron chi connectivity index (χ0n) is 13.5. The molecule has 126 valence electrons. The Balaban J connectivity index is 1.76. The van der Waals surface area contributed by atoms with Gasteiger partial charge in [-0.1, -0.05) is 18.2 Å². The molecule has 2 N–H and O–H groups in total. The summed E-state index contributed by atoms with van der Waals surface area (Å²) in [5.41, 5.74) is 1.55. The highest BCUT2D eigenvalue weighted by Crippen LogP contribution is 2.11. The van der Waals surface area contributed by atoms with Gasteiger partial charge in [-0.25, -0.2) is 9.59 Å². The van der Waals surface area contributed by atoms with E-state index in [4.69, 9.17) is 4.74 Å². The highest BCUT2D eigenvalue weighted by atomic mass is 32.1. The maximum atomic E-state index is 11.8. The second-order valence-corrected chi connectivity index (χ2v) is 5.95. The largest absolute Gasteiger partial charge is 0.463 e. The molecule has 1 aromatic heterocycles. The maximum absolute atomic E-state index is 11.8. The van der Waals surface area contributed by atoms with Crippen molar-refractivity contribution in [3.63, 3.8) is 0 Å². The minimum absolute atomic E-state index is 0.235. The molecule has 0 aliphatic heterocycles. The third-order valence-electron chi connectivity index (χ3n) is 3.10. The fourth-order valence-corrected chi connectivity index (χ4v) is 2.67. The normalized spacial score (nSPS) is 10.5. The Morgan fingerprint density at radius 3 is 2.67 bits per heavy atom. The summed E-state index contributed by atoms with van der Waals surface area (Å²) in [6.07, 6.45) is 3.87. The van der Waals surface area contributed by atoms with Gasteiger partial charge in [0.25, 0.3) is 0 Å². The number of ether oxygens (including phenoxy) is 1. The first-order chi connectivity index (χ1) is 11.7. The summed E-state index contributed by atoms with van der Waals surface area (Å²) in [5, 5.41) is 7.61. The Morgan fingerprint density at radius 1 is 1.21 bits per heavy atom. The fraction of sp³-hybridized carbons (Fsp3) is 0.222. The molecular formula is C18H20N2O3S. The molecule has 2 amide bonds. The van der Waals surface area contributed by atoms with Crippen LogP contribution >= 0.6 is 11.3 Å². The van der Waals surface area contributed by atoms with Gasteiger partial charge in [-0.15, -0.1) is 11.3 Å². The molecule has 24 heavy (non-hydrogen) atoms. The maximum Gasteiger partial charge on any atom is 0.330 e. The molecule has 2 rings (SSSR count). The fourth-order valence-electron chi connectivity index (χ4n) is 1.96. The van der Waals surface area contributed by atoms with Crippen LogP contribution in [0.4, 0.5) is 10.5 Å². The van der Waals surface area contributed by atoms with E-state index in [1.54, 1.807) is 36.5 Å². The summed E-state index contributed by atoms with van der Waals surface area (Å²) < 4.78 is 4.81. The smallest absolute Gasteiger partial charge is 0.330 e. The lowest BCUT2D eigenvalue weighted by molar-refractivity contribution is -0.137. The van der Waals surface area contributed by atoms with E-state index in [0.29, 0.717) is 18.8 Å². The van der Waals surface area contributed by atoms with Crippen LogP contribution < -0.4 is 10.6 Å². The Bertz CT molecular complexity index is 679. The number of esters is 1. The third kappa shape index (κ3) is 6.26. The van der Waals surface area contributed by atoms with Crippen LogP contribution in [0.3, 0.4) is 0 Å². The Kier molecular flexibility index (Phi) is 7.04. The molecule has 0 aliphatic rings. The summed E-state index contributed by atoms with van der Waals surface area (Å²) in [5.74, 6) is -0.371. The highest BCUT2D eigenvalue weighted by Gasteiger charge is 2.02. The van der Waals surface area contributed by atoms with Gasteiger partial charge >= 0.3 is 12.0 Å². The van der Waals surface area contributed by atoms with Crippen molar-refractivity contribution in [2.75, 3.05) is 18.5 Å². The summed E-state index contributed by atoms with van der Waals surface area (Å²) in [6.45, 7) is 2.71. The number of rotatable bonds is 7. The van der Waals surface area contributed by atoms with Crippen molar-refractivity contribution in [1.29, 1.82) is 0 Å². The molecule has 0 radical (unpaired) electrons. The zero-order chi connectivity index (χ0) is 17.2. The van der Waals surface area contributed by atoms with Gasteiger partial charge in [-0.2, -0.15) is 0 Å². The minimum Gasteiger partial charge on any atom is -0.463 e. The summed E-state index contributed by atoms with van der Waals surface area (Å²) in [7, 11) is 0. The number of anilines is 1. The van der Waals surface area contributed by atoms with Gasteiger partial charge in [-0.05, 0) is 48.6 Å². The van der Waals surface area contributed by atoms with Crippen LogP contribution in [0, 0.1) is 0 Å². The van der Waals surface area contributed by atoms with Crippen molar-refractivity contribution in [2.45, 2.75) is 13.3 Å². The first kappa shape index (κ1) is 17.7. The standard InChI is InChI=1S/C18H20N2O3S/c1-2-23-17(21)10-7-14-5-8-15(9-6-14)20-18(22)19-12-11-16-4-3-13-24-16/h3-10,13H,2,11-12H2,1H3,(H2,19,20,22)/b10-7-. The van der Waals surface area contributed by atoms with E-state index in [-0.39, 0.29) is 12.0 Å². The molecule has 0 spiro atoms. The van der Waals surface area contributed by atoms with Gasteiger partial charge in [0.05, 0.1) is 6.61 Å². The summed E-state index contributed by atoms with van der Waals surface area (Å²) >= 11 is 1.68. The number of urea groups is 1. The Morgan fingerprint density at radius 2 is 2.00 bits per heavy atom. The molecule has 5 nitrogen and oxygen atoms in total. The van der Waals surface area contributed by atoms with Gasteiger partial charge in [0, 0.05) is 23.2 Å². The molecule has 0 atom stereocenters. The van der Waals surface area contributed by atoms with Crippen molar-refractivity contribution >= 4 is 35.1 Å². The molecule has 0 bridgehead atoms. The molecular weight excluding hydrogens is 324 g/mol. The van der Waals surface area contributed by atoms with Crippen LogP contribution in [0.2, 0.25) is 0 Å². The van der Waals surface area contributed by atoms with Gasteiger partial charge in [0.1, 0.15) is 0 Å². The van der Waals surface area contributed by atoms with E-state index in [0.717, 1.165) is 12.0 Å². The molecule has 0 aliphatic carbocycles. The van der Waals surface area contributed by atoms with Gasteiger partial charge in [0.15, 0.2) is 0 Å². The monoisotopic (exact) mass is 344 g/mol. The van der Waals surface area contributed by atoms with Crippen LogP contribution in [0.25, 0.3) is 6.08 Å². The number of benzene rings is 1. The first-order valence-electron chi connectivity index (χ1n) is 7.69. The zero-order valence-corrected chi connectivity index (χ0v) is 14.3. The lowest BCUT2D eigenvalue weighted by Crippen LogP contribution is -2.30. The van der Waals surface area contributed by atoms with Crippen molar-refractivity contribution in [3.8, 4) is 0 Å². The van der Waals surface area contributed by atoms with Gasteiger partial charge in [-0.3, -0.25) is 0 Å². The molecule has 6 heteroatoms. The number of amides is 2. The molecule has 0 saturated carbocycles. The highest BCUT2D eigenvalue weighted by molar-refractivity contribution is 7.09. The average molecular weight is 344 g/mol. The van der Waals surface area contributed by atoms with Crippen LogP contribution in [0.5, 0.6) is 0 Å². The van der Waals surface area contributed by atoms with Crippen LogP contribution in [-0.2, 0) is 16.0 Å². The van der Waals surface area contributed by atoms with E-state index < -0.39 is 0 Å². The van der Waals surface area contributed by atoms with Crippen LogP contribution in [-0.4, -0.2) is 25.2 Å². The molecule has 0 saturated heterocycles. The van der Waals surface area contributed by atoms with Crippen molar-refractivity contribution < 1.29 is 14.3 Å². The summed E-state index contributed by atoms with van der Waals surface area (Å²) in [4.78, 5) is 24.3. The Labute approximate surface area is 145 Å². The van der Waals surface area contributed by atoms with E-state index in [2.05, 4.69) is 10.6 Å². The first-order valence-corrected chi connectivity index (χ1v) is 8.57. The molecule has 0 unspecified atom stereocenters. The minimum atomic E-state index is -0.371. The summed E-state index contributed by atoms with van der Waals surface area (Å²) in [6, 6.07) is 11.0. The molecule has 1 aromatic carbocycles. The van der Waals surface area contributed by atoms with E-state index in [1.165, 1.54) is 11.0 Å². The number of hydrogen-bond donors (Lipinski definition) is 2. The molecule has 1 heterocycles. The second kappa shape index (κ2) is 9.52. The molecule has 0 fully saturated rings. The van der Waals surface area contributed by atoms with Crippen molar-refractivity contribution in [3.05, 3.63) is 58.3 Å². The van der Waals surface area contributed by atoms with Gasteiger partial charge in [0.2, 0.25) is 0 Å². The van der Waals surface area contributed by atoms with Crippen LogP contribution in [0.15, 0.2) is 47.9 Å². The number of carbonyl (C=O) groups is 2. The van der Waals surface area contributed by atoms with Crippen molar-refractivity contribution in [1.82, 2.24) is 5.32 Å². The number of hydrogen-bond acceptors (Lipinski definition) is 4. The average Bonchev–Trinajstić information content (AvgIpc) is 3.08. The van der Waals surface area contributed by atoms with E-state index in [1.807, 2.05) is 29.6 Å².